The summed E-state index contributed by atoms with van der Waals surface area (Å²) in [6.07, 6.45) is 1.68. The lowest BCUT2D eigenvalue weighted by molar-refractivity contribution is -0.136. The van der Waals surface area contributed by atoms with Gasteiger partial charge in [-0.15, -0.1) is 0 Å². The van der Waals surface area contributed by atoms with E-state index < -0.39 is 5.60 Å². The molecule has 6 heteroatoms. The number of amides is 1. The first-order valence-corrected chi connectivity index (χ1v) is 8.20. The van der Waals surface area contributed by atoms with Gasteiger partial charge in [0.2, 0.25) is 5.91 Å². The molecule has 1 N–H and O–H groups in total. The number of β-amino-alcohol motifs (C(OH)–C–C–N with tert-alkyl or cyclic N) is 1. The Morgan fingerprint density at radius 2 is 2.12 bits per heavy atom. The second-order valence-electron chi connectivity index (χ2n) is 6.55. The molecule has 0 aliphatic carbocycles. The van der Waals surface area contributed by atoms with Gasteiger partial charge in [0.05, 0.1) is 23.7 Å². The van der Waals surface area contributed by atoms with E-state index in [9.17, 15) is 9.90 Å². The number of nitriles is 1. The van der Waals surface area contributed by atoms with Crippen molar-refractivity contribution < 1.29 is 14.6 Å². The van der Waals surface area contributed by atoms with Crippen LogP contribution in [0.4, 0.5) is 0 Å². The Kier molecular flexibility index (Phi) is 6.18. The summed E-state index contributed by atoms with van der Waals surface area (Å²) in [6, 6.07) is 9.08. The van der Waals surface area contributed by atoms with Gasteiger partial charge >= 0.3 is 0 Å². The van der Waals surface area contributed by atoms with Gasteiger partial charge in [-0.25, -0.2) is 0 Å². The number of aliphatic hydroxyl groups is 1. The van der Waals surface area contributed by atoms with Gasteiger partial charge in [0, 0.05) is 27.2 Å². The van der Waals surface area contributed by atoms with Crippen LogP contribution in [-0.2, 0) is 4.79 Å². The van der Waals surface area contributed by atoms with Crippen LogP contribution < -0.4 is 4.74 Å². The average molecular weight is 331 g/mol. The summed E-state index contributed by atoms with van der Waals surface area (Å²) in [7, 11) is 3.41. The predicted octanol–water partition coefficient (Wildman–Crippen LogP) is 1.24. The Hall–Kier alpha value is -2.10. The Balaban J connectivity index is 1.80. The van der Waals surface area contributed by atoms with Crippen LogP contribution in [0.5, 0.6) is 5.75 Å². The topological polar surface area (TPSA) is 76.8 Å². The van der Waals surface area contributed by atoms with Gasteiger partial charge in [0.15, 0.2) is 0 Å². The number of carbonyl (C=O) groups excluding carboxylic acids is 1. The Morgan fingerprint density at radius 3 is 2.75 bits per heavy atom. The Bertz CT molecular complexity index is 595. The van der Waals surface area contributed by atoms with Crippen LogP contribution in [0.2, 0.25) is 0 Å². The first kappa shape index (κ1) is 18.2. The van der Waals surface area contributed by atoms with Gasteiger partial charge in [-0.05, 0) is 43.7 Å². The highest BCUT2D eigenvalue weighted by atomic mass is 16.5. The van der Waals surface area contributed by atoms with Gasteiger partial charge in [-0.1, -0.05) is 0 Å². The van der Waals surface area contributed by atoms with Crippen LogP contribution in [0.1, 0.15) is 24.8 Å². The van der Waals surface area contributed by atoms with Crippen molar-refractivity contribution in [2.45, 2.75) is 24.9 Å². The number of rotatable bonds is 6. The van der Waals surface area contributed by atoms with Gasteiger partial charge < -0.3 is 14.7 Å². The maximum Gasteiger partial charge on any atom is 0.224 e. The second kappa shape index (κ2) is 8.13. The number of piperidine rings is 1. The largest absolute Gasteiger partial charge is 0.492 e. The number of hydrogen-bond acceptors (Lipinski definition) is 5. The number of likely N-dealkylation sites (tertiary alicyclic amines) is 1. The van der Waals surface area contributed by atoms with Gasteiger partial charge in [0.1, 0.15) is 12.4 Å². The molecule has 0 spiro atoms. The van der Waals surface area contributed by atoms with Crippen molar-refractivity contribution in [3.05, 3.63) is 29.8 Å². The minimum absolute atomic E-state index is 0.0480. The first-order chi connectivity index (χ1) is 11.4. The molecule has 1 fully saturated rings. The summed E-state index contributed by atoms with van der Waals surface area (Å²) in [4.78, 5) is 15.5. The molecule has 130 valence electrons. The van der Waals surface area contributed by atoms with Crippen molar-refractivity contribution in [1.82, 2.24) is 9.80 Å². The highest BCUT2D eigenvalue weighted by Crippen LogP contribution is 2.25. The number of ether oxygens (including phenoxy) is 1. The van der Waals surface area contributed by atoms with E-state index in [0.29, 0.717) is 31.7 Å². The standard InChI is InChI=1S/C18H25N3O3/c1-20(2)17(22)12-18(23)8-3-9-21(14-18)10-11-24-16-6-4-15(13-19)5-7-16/h4-7,23H,3,8-12,14H2,1-2H3. The smallest absolute Gasteiger partial charge is 0.224 e. The van der Waals surface area contributed by atoms with Gasteiger partial charge in [0.25, 0.3) is 0 Å². The predicted molar refractivity (Wildman–Crippen MR) is 90.6 cm³/mol. The molecule has 1 atom stereocenters. The summed E-state index contributed by atoms with van der Waals surface area (Å²) in [5.41, 5.74) is -0.345. The van der Waals surface area contributed by atoms with Crippen molar-refractivity contribution in [3.63, 3.8) is 0 Å². The molecule has 1 unspecified atom stereocenters. The lowest BCUT2D eigenvalue weighted by atomic mass is 9.89. The fraction of sp³-hybridized carbons (Fsp3) is 0.556. The minimum Gasteiger partial charge on any atom is -0.492 e. The van der Waals surface area contributed by atoms with Crippen LogP contribution in [0.3, 0.4) is 0 Å². The number of benzene rings is 1. The van der Waals surface area contributed by atoms with E-state index in [4.69, 9.17) is 10.00 Å². The summed E-state index contributed by atoms with van der Waals surface area (Å²) in [6.45, 7) is 2.58. The number of carbonyl (C=O) groups is 1. The number of nitrogens with zero attached hydrogens (tertiary/aromatic N) is 3. The van der Waals surface area contributed by atoms with Crippen molar-refractivity contribution in [3.8, 4) is 11.8 Å². The third kappa shape index (κ3) is 5.22. The van der Waals surface area contributed by atoms with Crippen molar-refractivity contribution in [2.24, 2.45) is 0 Å². The highest BCUT2D eigenvalue weighted by Gasteiger charge is 2.35. The molecule has 1 aliphatic rings. The molecule has 1 saturated heterocycles. The zero-order valence-corrected chi connectivity index (χ0v) is 14.4. The molecule has 2 rings (SSSR count). The molecule has 1 aliphatic heterocycles. The quantitative estimate of drug-likeness (QED) is 0.849. The van der Waals surface area contributed by atoms with E-state index >= 15 is 0 Å². The second-order valence-corrected chi connectivity index (χ2v) is 6.55. The van der Waals surface area contributed by atoms with Gasteiger partial charge in [-0.3, -0.25) is 9.69 Å². The molecule has 1 aromatic rings. The van der Waals surface area contributed by atoms with Crippen LogP contribution in [0, 0.1) is 11.3 Å². The van der Waals surface area contributed by atoms with Crippen LogP contribution in [-0.4, -0.2) is 66.8 Å². The van der Waals surface area contributed by atoms with Crippen LogP contribution in [0.25, 0.3) is 0 Å². The van der Waals surface area contributed by atoms with E-state index in [1.807, 2.05) is 0 Å². The molecule has 1 heterocycles. The van der Waals surface area contributed by atoms with Crippen molar-refractivity contribution in [1.29, 1.82) is 5.26 Å². The van der Waals surface area contributed by atoms with Crippen LogP contribution in [0.15, 0.2) is 24.3 Å². The summed E-state index contributed by atoms with van der Waals surface area (Å²) < 4.78 is 5.69. The van der Waals surface area contributed by atoms with Crippen LogP contribution >= 0.6 is 0 Å². The van der Waals surface area contributed by atoms with E-state index in [1.165, 1.54) is 4.90 Å². The summed E-state index contributed by atoms with van der Waals surface area (Å²) >= 11 is 0. The summed E-state index contributed by atoms with van der Waals surface area (Å²) in [5, 5.41) is 19.4. The molecule has 0 saturated carbocycles. The molecule has 24 heavy (non-hydrogen) atoms. The average Bonchev–Trinajstić information content (AvgIpc) is 2.55. The molecular weight excluding hydrogens is 306 g/mol. The van der Waals surface area contributed by atoms with E-state index in [0.717, 1.165) is 18.7 Å². The van der Waals surface area contributed by atoms with Crippen molar-refractivity contribution >= 4 is 5.91 Å². The molecule has 6 nitrogen and oxygen atoms in total. The SMILES string of the molecule is CN(C)C(=O)CC1(O)CCCN(CCOc2ccc(C#N)cc2)C1. The third-order valence-corrected chi connectivity index (χ3v) is 4.27. The minimum atomic E-state index is -0.950. The maximum absolute atomic E-state index is 11.9. The van der Waals surface area contributed by atoms with E-state index in [1.54, 1.807) is 38.4 Å². The fourth-order valence-corrected chi connectivity index (χ4v) is 2.90. The number of hydrogen-bond donors (Lipinski definition) is 1. The first-order valence-electron chi connectivity index (χ1n) is 8.20. The fourth-order valence-electron chi connectivity index (χ4n) is 2.90. The summed E-state index contributed by atoms with van der Waals surface area (Å²) in [5.74, 6) is 0.678. The molecule has 0 radical (unpaired) electrons. The molecular formula is C18H25N3O3. The molecule has 1 aromatic carbocycles. The monoisotopic (exact) mass is 331 g/mol. The normalized spacial score (nSPS) is 21.1. The lowest BCUT2D eigenvalue weighted by Gasteiger charge is -2.39. The highest BCUT2D eigenvalue weighted by molar-refractivity contribution is 5.76. The van der Waals surface area contributed by atoms with Crippen molar-refractivity contribution in [2.75, 3.05) is 40.3 Å². The Morgan fingerprint density at radius 1 is 1.42 bits per heavy atom. The Labute approximate surface area is 143 Å². The zero-order chi connectivity index (χ0) is 17.6. The van der Waals surface area contributed by atoms with E-state index in [2.05, 4.69) is 11.0 Å². The molecule has 1 amide bonds. The maximum atomic E-state index is 11.9. The van der Waals surface area contributed by atoms with Gasteiger partial charge in [-0.2, -0.15) is 5.26 Å². The third-order valence-electron chi connectivity index (χ3n) is 4.27. The van der Waals surface area contributed by atoms with E-state index in [-0.39, 0.29) is 12.3 Å². The molecule has 0 aromatic heterocycles. The molecule has 0 bridgehead atoms. The lowest BCUT2D eigenvalue weighted by Crippen LogP contribution is -2.51. The zero-order valence-electron chi connectivity index (χ0n) is 14.4.